The van der Waals surface area contributed by atoms with Crippen LogP contribution in [0.4, 0.5) is 0 Å². The average Bonchev–Trinajstić information content (AvgIpc) is 2.29. The molecule has 2 aromatic rings. The van der Waals surface area contributed by atoms with E-state index in [1.807, 2.05) is 38.1 Å². The quantitative estimate of drug-likeness (QED) is 0.718. The molecule has 1 aromatic heterocycles. The average molecular weight is 212 g/mol. The maximum atomic E-state index is 10.9. The Balaban J connectivity index is 2.67. The van der Waals surface area contributed by atoms with Crippen LogP contribution in [-0.4, -0.2) is 16.3 Å². The zero-order valence-corrected chi connectivity index (χ0v) is 9.27. The molecule has 16 heavy (non-hydrogen) atoms. The number of carbonyl (C=O) groups is 1. The summed E-state index contributed by atoms with van der Waals surface area (Å²) in [6.45, 7) is 3.82. The van der Waals surface area contributed by atoms with E-state index < -0.39 is 0 Å². The van der Waals surface area contributed by atoms with Crippen molar-refractivity contribution in [2.24, 2.45) is 0 Å². The molecule has 3 heteroatoms. The molecule has 0 saturated heterocycles. The number of aldehydes is 1. The third-order valence-corrected chi connectivity index (χ3v) is 2.46. The summed E-state index contributed by atoms with van der Waals surface area (Å²) in [6, 6.07) is 7.87. The first-order valence-electron chi connectivity index (χ1n) is 5.07. The molecule has 0 spiro atoms. The Labute approximate surface area is 94.2 Å². The van der Waals surface area contributed by atoms with Crippen LogP contribution in [0, 0.1) is 13.8 Å². The van der Waals surface area contributed by atoms with E-state index >= 15 is 0 Å². The van der Waals surface area contributed by atoms with Crippen molar-refractivity contribution in [2.45, 2.75) is 13.8 Å². The fraction of sp³-hybridized carbons (Fsp3) is 0.154. The SMILES string of the molecule is Cc1ncc(C=O)c(-c2ccccc2C)n1. The van der Waals surface area contributed by atoms with E-state index in [-0.39, 0.29) is 0 Å². The van der Waals surface area contributed by atoms with E-state index in [1.54, 1.807) is 6.20 Å². The number of rotatable bonds is 2. The molecular weight excluding hydrogens is 200 g/mol. The molecule has 0 radical (unpaired) electrons. The smallest absolute Gasteiger partial charge is 0.153 e. The second-order valence-corrected chi connectivity index (χ2v) is 3.65. The molecule has 0 N–H and O–H groups in total. The minimum Gasteiger partial charge on any atom is -0.298 e. The van der Waals surface area contributed by atoms with Crippen LogP contribution in [0.15, 0.2) is 30.5 Å². The van der Waals surface area contributed by atoms with Crippen LogP contribution in [0.2, 0.25) is 0 Å². The van der Waals surface area contributed by atoms with Crippen LogP contribution >= 0.6 is 0 Å². The van der Waals surface area contributed by atoms with Gasteiger partial charge in [0.1, 0.15) is 5.82 Å². The van der Waals surface area contributed by atoms with E-state index in [9.17, 15) is 4.79 Å². The van der Waals surface area contributed by atoms with E-state index in [0.29, 0.717) is 17.1 Å². The monoisotopic (exact) mass is 212 g/mol. The summed E-state index contributed by atoms with van der Waals surface area (Å²) in [5.41, 5.74) is 3.32. The summed E-state index contributed by atoms with van der Waals surface area (Å²) in [6.07, 6.45) is 2.36. The largest absolute Gasteiger partial charge is 0.298 e. The minimum absolute atomic E-state index is 0.528. The topological polar surface area (TPSA) is 42.9 Å². The molecule has 0 saturated carbocycles. The van der Waals surface area contributed by atoms with E-state index in [0.717, 1.165) is 17.4 Å². The number of aryl methyl sites for hydroxylation is 2. The lowest BCUT2D eigenvalue weighted by Crippen LogP contribution is -1.98. The molecule has 0 bridgehead atoms. The summed E-state index contributed by atoms with van der Waals surface area (Å²) in [5.74, 6) is 0.670. The Morgan fingerprint density at radius 2 is 1.94 bits per heavy atom. The standard InChI is InChI=1S/C13H12N2O/c1-9-5-3-4-6-12(9)13-11(8-16)7-14-10(2)15-13/h3-8H,1-2H3. The number of benzene rings is 1. The van der Waals surface area contributed by atoms with Crippen LogP contribution in [0.5, 0.6) is 0 Å². The van der Waals surface area contributed by atoms with Gasteiger partial charge in [-0.05, 0) is 19.4 Å². The van der Waals surface area contributed by atoms with Crippen molar-refractivity contribution in [1.82, 2.24) is 9.97 Å². The van der Waals surface area contributed by atoms with Gasteiger partial charge in [0.15, 0.2) is 6.29 Å². The second kappa shape index (κ2) is 4.23. The van der Waals surface area contributed by atoms with E-state index in [1.165, 1.54) is 0 Å². The highest BCUT2D eigenvalue weighted by atomic mass is 16.1. The normalized spacial score (nSPS) is 10.1. The maximum absolute atomic E-state index is 10.9. The molecular formula is C13H12N2O. The lowest BCUT2D eigenvalue weighted by atomic mass is 10.0. The van der Waals surface area contributed by atoms with Crippen molar-refractivity contribution in [1.29, 1.82) is 0 Å². The van der Waals surface area contributed by atoms with Gasteiger partial charge in [-0.1, -0.05) is 24.3 Å². The highest BCUT2D eigenvalue weighted by Gasteiger charge is 2.09. The highest BCUT2D eigenvalue weighted by Crippen LogP contribution is 2.23. The molecule has 0 amide bonds. The Morgan fingerprint density at radius 3 is 2.62 bits per heavy atom. The lowest BCUT2D eigenvalue weighted by molar-refractivity contribution is 0.112. The van der Waals surface area contributed by atoms with Crippen LogP contribution in [0.1, 0.15) is 21.7 Å². The van der Waals surface area contributed by atoms with Gasteiger partial charge in [0.25, 0.3) is 0 Å². The molecule has 0 unspecified atom stereocenters. The minimum atomic E-state index is 0.528. The summed E-state index contributed by atoms with van der Waals surface area (Å²) in [7, 11) is 0. The second-order valence-electron chi connectivity index (χ2n) is 3.65. The van der Waals surface area contributed by atoms with Gasteiger partial charge < -0.3 is 0 Å². The van der Waals surface area contributed by atoms with E-state index in [2.05, 4.69) is 9.97 Å². The van der Waals surface area contributed by atoms with Gasteiger partial charge in [0.05, 0.1) is 11.3 Å². The van der Waals surface area contributed by atoms with Crippen LogP contribution in [0.25, 0.3) is 11.3 Å². The fourth-order valence-electron chi connectivity index (χ4n) is 1.62. The molecule has 0 aliphatic heterocycles. The number of aromatic nitrogens is 2. The van der Waals surface area contributed by atoms with Gasteiger partial charge in [-0.3, -0.25) is 4.79 Å². The molecule has 80 valence electrons. The maximum Gasteiger partial charge on any atom is 0.153 e. The van der Waals surface area contributed by atoms with Gasteiger partial charge in [-0.2, -0.15) is 0 Å². The molecule has 2 rings (SSSR count). The van der Waals surface area contributed by atoms with Crippen molar-refractivity contribution in [3.63, 3.8) is 0 Å². The van der Waals surface area contributed by atoms with E-state index in [4.69, 9.17) is 0 Å². The Bertz CT molecular complexity index is 535. The molecule has 0 aliphatic carbocycles. The van der Waals surface area contributed by atoms with Crippen molar-refractivity contribution in [2.75, 3.05) is 0 Å². The number of hydrogen-bond acceptors (Lipinski definition) is 3. The van der Waals surface area contributed by atoms with Gasteiger partial charge in [0, 0.05) is 11.8 Å². The first-order valence-corrected chi connectivity index (χ1v) is 5.07. The summed E-state index contributed by atoms with van der Waals surface area (Å²) in [4.78, 5) is 19.3. The Morgan fingerprint density at radius 1 is 1.19 bits per heavy atom. The molecule has 1 aromatic carbocycles. The first kappa shape index (κ1) is 10.5. The van der Waals surface area contributed by atoms with Crippen molar-refractivity contribution >= 4 is 6.29 Å². The molecule has 0 fully saturated rings. The molecule has 0 aliphatic rings. The third-order valence-electron chi connectivity index (χ3n) is 2.46. The first-order chi connectivity index (χ1) is 7.72. The Kier molecular flexibility index (Phi) is 2.77. The lowest BCUT2D eigenvalue weighted by Gasteiger charge is -2.07. The predicted molar refractivity (Wildman–Crippen MR) is 62.3 cm³/mol. The summed E-state index contributed by atoms with van der Waals surface area (Å²) < 4.78 is 0. The summed E-state index contributed by atoms with van der Waals surface area (Å²) in [5, 5.41) is 0. The molecule has 0 atom stereocenters. The zero-order chi connectivity index (χ0) is 11.5. The summed E-state index contributed by atoms with van der Waals surface area (Å²) >= 11 is 0. The highest BCUT2D eigenvalue weighted by molar-refractivity contribution is 5.85. The van der Waals surface area contributed by atoms with Crippen molar-refractivity contribution < 1.29 is 4.79 Å². The zero-order valence-electron chi connectivity index (χ0n) is 9.27. The third kappa shape index (κ3) is 1.84. The van der Waals surface area contributed by atoms with Gasteiger partial charge >= 0.3 is 0 Å². The van der Waals surface area contributed by atoms with Crippen molar-refractivity contribution in [3.8, 4) is 11.3 Å². The van der Waals surface area contributed by atoms with Crippen LogP contribution in [0.3, 0.4) is 0 Å². The van der Waals surface area contributed by atoms with Gasteiger partial charge in [0.2, 0.25) is 0 Å². The molecule has 1 heterocycles. The number of carbonyl (C=O) groups excluding carboxylic acids is 1. The Hall–Kier alpha value is -2.03. The van der Waals surface area contributed by atoms with Crippen molar-refractivity contribution in [3.05, 3.63) is 47.4 Å². The number of hydrogen-bond donors (Lipinski definition) is 0. The van der Waals surface area contributed by atoms with Gasteiger partial charge in [-0.25, -0.2) is 9.97 Å². The fourth-order valence-corrected chi connectivity index (χ4v) is 1.62. The van der Waals surface area contributed by atoms with Crippen LogP contribution in [-0.2, 0) is 0 Å². The van der Waals surface area contributed by atoms with Gasteiger partial charge in [-0.15, -0.1) is 0 Å². The number of nitrogens with zero attached hydrogens (tertiary/aromatic N) is 2. The predicted octanol–water partition coefficient (Wildman–Crippen LogP) is 2.57. The van der Waals surface area contributed by atoms with Crippen LogP contribution < -0.4 is 0 Å². The molecule has 3 nitrogen and oxygen atoms in total.